The monoisotopic (exact) mass is 308 g/mol. The first-order chi connectivity index (χ1) is 11.1. The number of likely N-dealkylation sites (tertiary alicyclic amines) is 1. The van der Waals surface area contributed by atoms with Crippen molar-refractivity contribution < 1.29 is 0 Å². The van der Waals surface area contributed by atoms with Gasteiger partial charge in [0.15, 0.2) is 0 Å². The molecule has 0 bridgehead atoms. The fourth-order valence-corrected chi connectivity index (χ4v) is 4.10. The van der Waals surface area contributed by atoms with Crippen LogP contribution < -0.4 is 5.32 Å². The fourth-order valence-electron chi connectivity index (χ4n) is 4.10. The van der Waals surface area contributed by atoms with Crippen molar-refractivity contribution in [1.29, 1.82) is 0 Å². The van der Waals surface area contributed by atoms with E-state index in [0.29, 0.717) is 10.8 Å². The van der Waals surface area contributed by atoms with E-state index in [4.69, 9.17) is 0 Å². The number of benzene rings is 1. The van der Waals surface area contributed by atoms with Crippen LogP contribution in [0.15, 0.2) is 54.6 Å². The molecule has 0 atom stereocenters. The quantitative estimate of drug-likeness (QED) is 0.837. The molecule has 2 aliphatic heterocycles. The van der Waals surface area contributed by atoms with Gasteiger partial charge in [-0.2, -0.15) is 0 Å². The second-order valence-electron chi connectivity index (χ2n) is 8.00. The van der Waals surface area contributed by atoms with E-state index in [1.807, 2.05) is 0 Å². The lowest BCUT2D eigenvalue weighted by Gasteiger charge is -2.14. The zero-order valence-corrected chi connectivity index (χ0v) is 14.1. The van der Waals surface area contributed by atoms with E-state index in [2.05, 4.69) is 53.7 Å². The highest BCUT2D eigenvalue weighted by Crippen LogP contribution is 2.55. The topological polar surface area (TPSA) is 15.3 Å². The van der Waals surface area contributed by atoms with Crippen LogP contribution in [0.2, 0.25) is 0 Å². The van der Waals surface area contributed by atoms with Crippen molar-refractivity contribution in [1.82, 2.24) is 10.2 Å². The molecule has 2 heterocycles. The summed E-state index contributed by atoms with van der Waals surface area (Å²) in [6.07, 6.45) is 5.52. The Bertz CT molecular complexity index is 608. The van der Waals surface area contributed by atoms with Gasteiger partial charge in [0, 0.05) is 43.6 Å². The second-order valence-corrected chi connectivity index (χ2v) is 8.00. The number of hydrogen-bond donors (Lipinski definition) is 1. The molecule has 1 N–H and O–H groups in total. The van der Waals surface area contributed by atoms with Gasteiger partial charge in [-0.15, -0.1) is 0 Å². The van der Waals surface area contributed by atoms with Gasteiger partial charge in [0.05, 0.1) is 0 Å². The van der Waals surface area contributed by atoms with Gasteiger partial charge >= 0.3 is 0 Å². The summed E-state index contributed by atoms with van der Waals surface area (Å²) in [6, 6.07) is 10.7. The largest absolute Gasteiger partial charge is 0.312 e. The minimum atomic E-state index is 0.536. The van der Waals surface area contributed by atoms with Crippen LogP contribution in [-0.4, -0.2) is 31.1 Å². The lowest BCUT2D eigenvalue weighted by Crippen LogP contribution is -2.20. The second kappa shape index (κ2) is 5.61. The summed E-state index contributed by atoms with van der Waals surface area (Å²) in [4.78, 5) is 2.53. The molecule has 1 aromatic rings. The standard InChI is InChI=1S/C14H17N.C7H11N/c1-12-9-15(11-14(12)7-8-14)10-13-5-3-2-4-6-13;1-6-4-8-5-7(6)2-3-7/h2-6H,1,7-11H2;8H,1-5H2. The minimum Gasteiger partial charge on any atom is -0.312 e. The number of rotatable bonds is 2. The fraction of sp³-hybridized carbons (Fsp3) is 0.524. The van der Waals surface area contributed by atoms with Crippen molar-refractivity contribution in [2.24, 2.45) is 10.8 Å². The van der Waals surface area contributed by atoms with Crippen LogP contribution in [0, 0.1) is 10.8 Å². The van der Waals surface area contributed by atoms with Gasteiger partial charge in [0.1, 0.15) is 0 Å². The molecular formula is C21H28N2. The first-order valence-electron chi connectivity index (χ1n) is 8.96. The summed E-state index contributed by atoms with van der Waals surface area (Å²) < 4.78 is 0. The van der Waals surface area contributed by atoms with Crippen molar-refractivity contribution in [3.05, 3.63) is 60.2 Å². The molecule has 2 saturated heterocycles. The Morgan fingerprint density at radius 3 is 2.13 bits per heavy atom. The number of hydrogen-bond acceptors (Lipinski definition) is 2. The van der Waals surface area contributed by atoms with E-state index < -0.39 is 0 Å². The van der Waals surface area contributed by atoms with Gasteiger partial charge in [-0.1, -0.05) is 54.6 Å². The molecule has 4 aliphatic rings. The van der Waals surface area contributed by atoms with Gasteiger partial charge in [0.2, 0.25) is 0 Å². The average molecular weight is 308 g/mol. The molecule has 23 heavy (non-hydrogen) atoms. The van der Waals surface area contributed by atoms with Gasteiger partial charge in [0.25, 0.3) is 0 Å². The highest BCUT2D eigenvalue weighted by atomic mass is 15.2. The maximum Gasteiger partial charge on any atom is 0.0237 e. The van der Waals surface area contributed by atoms with Crippen LogP contribution in [0.5, 0.6) is 0 Å². The van der Waals surface area contributed by atoms with Crippen LogP contribution in [0.3, 0.4) is 0 Å². The van der Waals surface area contributed by atoms with E-state index in [9.17, 15) is 0 Å². The lowest BCUT2D eigenvalue weighted by atomic mass is 10.0. The molecule has 122 valence electrons. The summed E-state index contributed by atoms with van der Waals surface area (Å²) in [7, 11) is 0. The molecule has 0 radical (unpaired) electrons. The Balaban J connectivity index is 0.000000142. The van der Waals surface area contributed by atoms with E-state index in [1.54, 1.807) is 0 Å². The molecule has 0 aromatic heterocycles. The van der Waals surface area contributed by atoms with Crippen molar-refractivity contribution >= 4 is 0 Å². The van der Waals surface area contributed by atoms with Crippen LogP contribution in [0.1, 0.15) is 31.2 Å². The maximum absolute atomic E-state index is 4.22. The highest BCUT2D eigenvalue weighted by molar-refractivity contribution is 5.27. The Morgan fingerprint density at radius 2 is 1.65 bits per heavy atom. The van der Waals surface area contributed by atoms with Gasteiger partial charge < -0.3 is 5.32 Å². The van der Waals surface area contributed by atoms with Gasteiger partial charge in [-0.05, 0) is 31.2 Å². The Hall–Kier alpha value is -1.38. The first-order valence-corrected chi connectivity index (χ1v) is 8.96. The summed E-state index contributed by atoms with van der Waals surface area (Å²) in [6.45, 7) is 13.9. The zero-order chi connectivity index (χ0) is 15.9. The van der Waals surface area contributed by atoms with Gasteiger partial charge in [-0.25, -0.2) is 0 Å². The maximum atomic E-state index is 4.22. The number of nitrogens with zero attached hydrogens (tertiary/aromatic N) is 1. The van der Waals surface area contributed by atoms with E-state index in [-0.39, 0.29) is 0 Å². The molecular weight excluding hydrogens is 280 g/mol. The average Bonchev–Trinajstić information content (AvgIpc) is 3.42. The Labute approximate surface area is 140 Å². The third kappa shape index (κ3) is 3.02. The Morgan fingerprint density at radius 1 is 0.957 bits per heavy atom. The lowest BCUT2D eigenvalue weighted by molar-refractivity contribution is 0.313. The third-order valence-electron chi connectivity index (χ3n) is 6.20. The molecule has 2 saturated carbocycles. The molecule has 4 fully saturated rings. The minimum absolute atomic E-state index is 0.536. The molecule has 2 nitrogen and oxygen atoms in total. The number of nitrogens with one attached hydrogen (secondary N) is 1. The summed E-state index contributed by atoms with van der Waals surface area (Å²) in [5.74, 6) is 0. The highest BCUT2D eigenvalue weighted by Gasteiger charge is 2.50. The summed E-state index contributed by atoms with van der Waals surface area (Å²) in [5.41, 5.74) is 5.47. The Kier molecular flexibility index (Phi) is 3.70. The molecule has 0 unspecified atom stereocenters. The van der Waals surface area contributed by atoms with Crippen LogP contribution in [0.25, 0.3) is 0 Å². The molecule has 5 rings (SSSR count). The predicted octanol–water partition coefficient (Wildman–Crippen LogP) is 3.76. The van der Waals surface area contributed by atoms with Gasteiger partial charge in [-0.3, -0.25) is 4.90 Å². The summed E-state index contributed by atoms with van der Waals surface area (Å²) in [5, 5.41) is 3.33. The van der Waals surface area contributed by atoms with E-state index >= 15 is 0 Å². The zero-order valence-electron chi connectivity index (χ0n) is 14.1. The molecule has 2 aliphatic carbocycles. The van der Waals surface area contributed by atoms with Crippen LogP contribution in [0.4, 0.5) is 0 Å². The van der Waals surface area contributed by atoms with Crippen LogP contribution in [-0.2, 0) is 6.54 Å². The van der Waals surface area contributed by atoms with Crippen molar-refractivity contribution in [3.63, 3.8) is 0 Å². The van der Waals surface area contributed by atoms with Crippen LogP contribution >= 0.6 is 0 Å². The van der Waals surface area contributed by atoms with E-state index in [1.165, 1.54) is 55.5 Å². The molecule has 2 heteroatoms. The molecule has 2 spiro atoms. The molecule has 1 aromatic carbocycles. The van der Waals surface area contributed by atoms with Crippen molar-refractivity contribution in [2.45, 2.75) is 32.2 Å². The predicted molar refractivity (Wildman–Crippen MR) is 96.2 cm³/mol. The van der Waals surface area contributed by atoms with E-state index in [0.717, 1.165) is 19.6 Å². The van der Waals surface area contributed by atoms with Crippen molar-refractivity contribution in [3.8, 4) is 0 Å². The SMILES string of the molecule is C=C1CN(Cc2ccccc2)CC12CC2.C=C1CNCC12CC2. The molecule has 0 amide bonds. The smallest absolute Gasteiger partial charge is 0.0237 e. The third-order valence-corrected chi connectivity index (χ3v) is 6.20. The normalized spacial score (nSPS) is 26.4. The first kappa shape index (κ1) is 15.2. The summed E-state index contributed by atoms with van der Waals surface area (Å²) >= 11 is 0. The van der Waals surface area contributed by atoms with Crippen molar-refractivity contribution in [2.75, 3.05) is 26.2 Å².